The number of rotatable bonds is 2. The molecule has 0 bridgehead atoms. The fourth-order valence-electron chi connectivity index (χ4n) is 2.11. The van der Waals surface area contributed by atoms with Crippen LogP contribution in [-0.4, -0.2) is 36.3 Å². The molecule has 4 nitrogen and oxygen atoms in total. The number of pyridine rings is 1. The summed E-state index contributed by atoms with van der Waals surface area (Å²) in [6.45, 7) is -3.48. The maximum atomic E-state index is 8.52. The molecular formula is C17H27BN2O2. The Balaban J connectivity index is 2.22. The maximum Gasteiger partial charge on any atom is 0.495 e. The number of nitrogens with zero attached hydrogens (tertiary/aromatic N) is 2. The number of anilines is 1. The molecule has 3 rings (SSSR count). The highest BCUT2D eigenvalue weighted by atomic mass is 16.7. The van der Waals surface area contributed by atoms with Crippen LogP contribution in [0.4, 0.5) is 5.82 Å². The maximum absolute atomic E-state index is 8.52. The molecule has 0 spiro atoms. The summed E-state index contributed by atoms with van der Waals surface area (Å²) in [4.78, 5) is 4.04. The zero-order valence-electron chi connectivity index (χ0n) is 25.0. The lowest BCUT2D eigenvalue weighted by Gasteiger charge is -2.32. The Hall–Kier alpha value is -1.07. The molecule has 1 aromatic rings. The van der Waals surface area contributed by atoms with E-state index in [-0.39, 0.29) is 10.4 Å². The molecule has 5 heteroatoms. The first-order valence-electron chi connectivity index (χ1n) is 13.0. The van der Waals surface area contributed by atoms with E-state index < -0.39 is 62.6 Å². The van der Waals surface area contributed by atoms with Crippen LogP contribution in [0.3, 0.4) is 0 Å². The largest absolute Gasteiger partial charge is 0.495 e. The Morgan fingerprint density at radius 1 is 1.41 bits per heavy atom. The fourth-order valence-corrected chi connectivity index (χ4v) is 2.11. The molecule has 1 aromatic heterocycles. The average Bonchev–Trinajstić information content (AvgIpc) is 2.86. The zero-order chi connectivity index (χ0) is 26.6. The molecule has 2 aliphatic heterocycles. The first-order valence-corrected chi connectivity index (χ1v) is 7.02. The van der Waals surface area contributed by atoms with Crippen molar-refractivity contribution in [3.8, 4) is 0 Å². The molecule has 0 saturated carbocycles. The van der Waals surface area contributed by atoms with Gasteiger partial charge < -0.3 is 14.2 Å². The van der Waals surface area contributed by atoms with Crippen LogP contribution in [-0.2, 0) is 9.31 Å². The molecule has 1 unspecified atom stereocenters. The van der Waals surface area contributed by atoms with Gasteiger partial charge in [0.2, 0.25) is 0 Å². The molecule has 3 heterocycles. The number of hydrogen-bond acceptors (Lipinski definition) is 4. The highest BCUT2D eigenvalue weighted by molar-refractivity contribution is 6.62. The first kappa shape index (κ1) is 6.82. The molecule has 0 aliphatic carbocycles. The predicted molar refractivity (Wildman–Crippen MR) is 90.6 cm³/mol. The summed E-state index contributed by atoms with van der Waals surface area (Å²) >= 11 is 0. The molecule has 0 amide bonds. The van der Waals surface area contributed by atoms with E-state index >= 15 is 0 Å². The van der Waals surface area contributed by atoms with E-state index in [0.29, 0.717) is 0 Å². The van der Waals surface area contributed by atoms with Crippen LogP contribution in [0.15, 0.2) is 18.3 Å². The van der Waals surface area contributed by atoms with Gasteiger partial charge >= 0.3 is 7.12 Å². The first-order chi connectivity index (χ1) is 14.9. The summed E-state index contributed by atoms with van der Waals surface area (Å²) in [5.74, 6) is -4.27. The molecule has 0 N–H and O–H groups in total. The molecule has 2 aliphatic rings. The summed E-state index contributed by atoms with van der Waals surface area (Å²) in [5.41, 5.74) is -1.20. The zero-order valence-corrected chi connectivity index (χ0v) is 13.0. The number of hydrogen-bond donors (Lipinski definition) is 0. The van der Waals surface area contributed by atoms with Crippen LogP contribution in [0, 0.1) is 5.89 Å². The third-order valence-corrected chi connectivity index (χ3v) is 4.10. The minimum Gasteiger partial charge on any atom is -0.399 e. The Kier molecular flexibility index (Phi) is 1.72. The van der Waals surface area contributed by atoms with Crippen LogP contribution in [0.1, 0.15) is 63.7 Å². The van der Waals surface area contributed by atoms with Crippen LogP contribution < -0.4 is 10.4 Å². The Morgan fingerprint density at radius 3 is 2.82 bits per heavy atom. The van der Waals surface area contributed by atoms with Gasteiger partial charge in [-0.15, -0.1) is 0 Å². The van der Waals surface area contributed by atoms with Crippen LogP contribution in [0.2, 0.25) is 0 Å². The van der Waals surface area contributed by atoms with Gasteiger partial charge in [-0.3, -0.25) is 0 Å². The van der Waals surface area contributed by atoms with E-state index in [1.165, 1.54) is 12.3 Å². The van der Waals surface area contributed by atoms with Crippen molar-refractivity contribution in [2.45, 2.75) is 58.5 Å². The van der Waals surface area contributed by atoms with Gasteiger partial charge in [0.25, 0.3) is 0 Å². The van der Waals surface area contributed by atoms with Gasteiger partial charge in [-0.05, 0) is 63.9 Å². The molecule has 22 heavy (non-hydrogen) atoms. The third-order valence-electron chi connectivity index (χ3n) is 4.10. The van der Waals surface area contributed by atoms with Gasteiger partial charge in [-0.1, -0.05) is 6.85 Å². The van der Waals surface area contributed by atoms with E-state index in [1.54, 1.807) is 27.7 Å². The highest BCUT2D eigenvalue weighted by Gasteiger charge is 2.51. The van der Waals surface area contributed by atoms with E-state index in [9.17, 15) is 0 Å². The minimum atomic E-state index is -3.77. The van der Waals surface area contributed by atoms with Gasteiger partial charge in [0, 0.05) is 35.6 Å². The second-order valence-electron chi connectivity index (χ2n) is 6.22. The molecule has 1 atom stereocenters. The topological polar surface area (TPSA) is 34.6 Å². The number of piperidine rings is 1. The van der Waals surface area contributed by atoms with E-state index in [1.807, 2.05) is 0 Å². The van der Waals surface area contributed by atoms with Crippen molar-refractivity contribution >= 4 is 18.4 Å². The molecular weight excluding hydrogens is 275 g/mol. The van der Waals surface area contributed by atoms with Gasteiger partial charge in [0.1, 0.15) is 5.82 Å². The van der Waals surface area contributed by atoms with Gasteiger partial charge in [-0.2, -0.15) is 0 Å². The molecule has 2 saturated heterocycles. The minimum absolute atomic E-state index is 0.107. The lowest BCUT2D eigenvalue weighted by Crippen LogP contribution is -2.41. The van der Waals surface area contributed by atoms with Crippen LogP contribution in [0.5, 0.6) is 0 Å². The molecule has 2 fully saturated rings. The summed E-state index contributed by atoms with van der Waals surface area (Å²) < 4.78 is 110. The van der Waals surface area contributed by atoms with Crippen molar-refractivity contribution in [3.63, 3.8) is 0 Å². The van der Waals surface area contributed by atoms with Crippen molar-refractivity contribution in [1.82, 2.24) is 4.98 Å². The van der Waals surface area contributed by atoms with Gasteiger partial charge in [0.05, 0.1) is 11.2 Å². The van der Waals surface area contributed by atoms with E-state index in [0.717, 1.165) is 6.07 Å². The molecule has 0 radical (unpaired) electrons. The van der Waals surface area contributed by atoms with Gasteiger partial charge in [-0.25, -0.2) is 4.98 Å². The molecule has 0 aromatic carbocycles. The highest BCUT2D eigenvalue weighted by Crippen LogP contribution is 2.36. The SMILES string of the molecule is [2H]C([2H])([2H])C1([2H])C([2H])([2H])N(c2cc(B3OC(C)(C)C(C)(C)O3)ccn2)C([2H])([2H])C([2H])([2H])C1([2H])[2H]. The van der Waals surface area contributed by atoms with E-state index in [2.05, 4.69) is 4.98 Å². The smallest absolute Gasteiger partial charge is 0.399 e. The van der Waals surface area contributed by atoms with Crippen molar-refractivity contribution in [2.24, 2.45) is 5.89 Å². The summed E-state index contributed by atoms with van der Waals surface area (Å²) in [5, 5.41) is 0. The predicted octanol–water partition coefficient (Wildman–Crippen LogP) is 2.62. The lowest BCUT2D eigenvalue weighted by molar-refractivity contribution is 0.00578. The Morgan fingerprint density at radius 2 is 2.14 bits per heavy atom. The number of aromatic nitrogens is 1. The third kappa shape index (κ3) is 2.89. The van der Waals surface area contributed by atoms with Gasteiger partial charge in [0.15, 0.2) is 0 Å². The average molecular weight is 314 g/mol. The summed E-state index contributed by atoms with van der Waals surface area (Å²) in [7, 11) is -0.972. The van der Waals surface area contributed by atoms with Crippen LogP contribution >= 0.6 is 0 Å². The molecule has 120 valence electrons. The lowest BCUT2D eigenvalue weighted by atomic mass is 9.79. The quantitative estimate of drug-likeness (QED) is 0.786. The summed E-state index contributed by atoms with van der Waals surface area (Å²) in [6, 6.07) is 2.63. The van der Waals surface area contributed by atoms with Crippen molar-refractivity contribution in [3.05, 3.63) is 18.3 Å². The normalized spacial score (nSPS) is 48.4. The van der Waals surface area contributed by atoms with Crippen LogP contribution in [0.25, 0.3) is 0 Å². The standard InChI is InChI=1S/C17H27BN2O2/c1-13-7-6-10-20(12-13)15-11-14(8-9-19-15)18-21-16(2,3)17(4,5)22-18/h8-9,11,13H,6-7,10,12H2,1-5H3/i1D3,6D2,7D2,10D2,12D2,13D. The van der Waals surface area contributed by atoms with Crippen molar-refractivity contribution < 1.29 is 25.8 Å². The second-order valence-corrected chi connectivity index (χ2v) is 6.22. The second kappa shape index (κ2) is 5.53. The monoisotopic (exact) mass is 314 g/mol. The van der Waals surface area contributed by atoms with Crippen molar-refractivity contribution in [1.29, 1.82) is 0 Å². The van der Waals surface area contributed by atoms with E-state index in [4.69, 9.17) is 25.8 Å². The van der Waals surface area contributed by atoms with Crippen molar-refractivity contribution in [2.75, 3.05) is 17.9 Å². The summed E-state index contributed by atoms with van der Waals surface area (Å²) in [6.07, 6.45) is -6.23. The fraction of sp³-hybridized carbons (Fsp3) is 0.706. The Labute approximate surface area is 151 Å². The Bertz CT molecular complexity index is 967.